The Morgan fingerprint density at radius 1 is 0.983 bits per heavy atom. The topological polar surface area (TPSA) is 130 Å². The first-order chi connectivity index (χ1) is 27.7. The highest BCUT2D eigenvalue weighted by atomic mass is 16.5. The second-order valence-electron chi connectivity index (χ2n) is 22.1. The van der Waals surface area contributed by atoms with Gasteiger partial charge in [-0.15, -0.1) is 0 Å². The van der Waals surface area contributed by atoms with E-state index in [9.17, 15) is 24.6 Å². The molecule has 4 saturated carbocycles. The molecule has 1 aromatic rings. The van der Waals surface area contributed by atoms with Crippen molar-refractivity contribution in [3.8, 4) is 0 Å². The summed E-state index contributed by atoms with van der Waals surface area (Å²) >= 11 is 0. The molecule has 1 unspecified atom stereocenters. The molecule has 0 radical (unpaired) electrons. The number of fused-ring (bicyclic) bond motifs is 7. The normalized spacial score (nSPS) is 36.4. The first-order valence-electron chi connectivity index (χ1n) is 23.0. The molecular formula is C49H75N3O7. The van der Waals surface area contributed by atoms with E-state index < -0.39 is 28.9 Å². The van der Waals surface area contributed by atoms with E-state index >= 15 is 0 Å². The molecular weight excluding hydrogens is 743 g/mol. The number of esters is 1. The van der Waals surface area contributed by atoms with Gasteiger partial charge < -0.3 is 19.7 Å². The lowest BCUT2D eigenvalue weighted by atomic mass is 9.33. The lowest BCUT2D eigenvalue weighted by Gasteiger charge is -2.72. The van der Waals surface area contributed by atoms with Crippen LogP contribution in [0.15, 0.2) is 35.5 Å². The number of allylic oxidation sites excluding steroid dienone is 1. The van der Waals surface area contributed by atoms with E-state index in [0.29, 0.717) is 31.3 Å². The highest BCUT2D eigenvalue weighted by molar-refractivity contribution is 6.00. The van der Waals surface area contributed by atoms with Crippen molar-refractivity contribution in [1.82, 2.24) is 14.8 Å². The van der Waals surface area contributed by atoms with Crippen molar-refractivity contribution in [3.05, 3.63) is 41.2 Å². The third kappa shape index (κ3) is 7.66. The van der Waals surface area contributed by atoms with Crippen LogP contribution in [0.2, 0.25) is 0 Å². The van der Waals surface area contributed by atoms with Gasteiger partial charge in [0.2, 0.25) is 0 Å². The first kappa shape index (κ1) is 44.4. The van der Waals surface area contributed by atoms with Crippen LogP contribution in [0.1, 0.15) is 132 Å². The SMILES string of the molecule is CC(C)C1=C2[C@H]3CC[C@@H]4[C@@]5(C)CC[C@H](OC(=O)CC(C)(C)C(=O)O)C(C)(C)[C@@H]5CC[C@@]4(C)[C@]3(C)CCC2([C@@H](O)CN(CCN2CCOCC2)Cc2ccccn2)CC1=O. The number of nitrogens with zero attached hydrogens (tertiary/aromatic N) is 3. The van der Waals surface area contributed by atoms with Crippen molar-refractivity contribution >= 4 is 17.7 Å². The smallest absolute Gasteiger partial charge is 0.309 e. The number of carboxylic acid groups (broad SMARTS) is 1. The zero-order chi connectivity index (χ0) is 42.8. The summed E-state index contributed by atoms with van der Waals surface area (Å²) in [7, 11) is 0. The largest absolute Gasteiger partial charge is 0.481 e. The van der Waals surface area contributed by atoms with Crippen LogP contribution in [0.25, 0.3) is 0 Å². The number of hydrogen-bond donors (Lipinski definition) is 2. The average Bonchev–Trinajstić information content (AvgIpc) is 3.49. The van der Waals surface area contributed by atoms with Gasteiger partial charge in [-0.1, -0.05) is 60.1 Å². The Morgan fingerprint density at radius 2 is 1.71 bits per heavy atom. The minimum Gasteiger partial charge on any atom is -0.481 e. The third-order valence-electron chi connectivity index (χ3n) is 17.9. The standard InChI is InChI=1S/C49H75N3O7/c1-32(2)41-35(53)28-49(38(54)31-52(30-33-12-10-11-21-50-33)23-22-51-24-26-58-27-25-51)20-19-47(8)34(42(41)49)13-14-37-46(7)17-16-39(59-40(55)29-44(3,4)43(56)57)45(5,6)36(46)15-18-48(37,47)9/h10-12,21,32,34,36-39,54H,13-20,22-31H2,1-9H3,(H,56,57)/t34-,36+,37-,38+,39+,46+,47-,48-,49?/m1/s1. The molecule has 1 aliphatic heterocycles. The zero-order valence-electron chi connectivity index (χ0n) is 37.8. The lowest BCUT2D eigenvalue weighted by Crippen LogP contribution is -2.66. The number of aromatic nitrogens is 1. The van der Waals surface area contributed by atoms with E-state index in [2.05, 4.69) is 69.3 Å². The number of morpholine rings is 1. The van der Waals surface area contributed by atoms with Crippen molar-refractivity contribution in [2.24, 2.45) is 56.2 Å². The summed E-state index contributed by atoms with van der Waals surface area (Å²) < 4.78 is 11.8. The van der Waals surface area contributed by atoms with Gasteiger partial charge in [0.05, 0.1) is 36.8 Å². The van der Waals surface area contributed by atoms with Crippen molar-refractivity contribution in [3.63, 3.8) is 0 Å². The minimum absolute atomic E-state index is 0.0347. The van der Waals surface area contributed by atoms with Gasteiger partial charge in [-0.2, -0.15) is 0 Å². The Bertz CT molecular complexity index is 1770. The van der Waals surface area contributed by atoms with Crippen LogP contribution in [-0.2, 0) is 30.4 Å². The molecule has 0 amide bonds. The van der Waals surface area contributed by atoms with Crippen LogP contribution in [0.3, 0.4) is 0 Å². The molecule has 1 saturated heterocycles. The zero-order valence-corrected chi connectivity index (χ0v) is 37.8. The van der Waals surface area contributed by atoms with Crippen LogP contribution in [0.5, 0.6) is 0 Å². The van der Waals surface area contributed by atoms with Crippen LogP contribution in [0.4, 0.5) is 0 Å². The predicted octanol–water partition coefficient (Wildman–Crippen LogP) is 7.97. The van der Waals surface area contributed by atoms with Gasteiger partial charge in [-0.05, 0) is 123 Å². The van der Waals surface area contributed by atoms with E-state index in [4.69, 9.17) is 9.47 Å². The summed E-state index contributed by atoms with van der Waals surface area (Å²) in [5.41, 5.74) is 1.35. The summed E-state index contributed by atoms with van der Waals surface area (Å²) in [6.07, 6.45) is 8.96. The van der Waals surface area contributed by atoms with Gasteiger partial charge in [0.1, 0.15) is 6.10 Å². The number of pyridine rings is 1. The molecule has 0 bridgehead atoms. The van der Waals surface area contributed by atoms with Crippen molar-refractivity contribution in [2.75, 3.05) is 45.9 Å². The van der Waals surface area contributed by atoms with Crippen molar-refractivity contribution in [1.29, 1.82) is 0 Å². The summed E-state index contributed by atoms with van der Waals surface area (Å²) in [5, 5.41) is 22.5. The molecule has 10 nitrogen and oxygen atoms in total. The van der Waals surface area contributed by atoms with Gasteiger partial charge in [-0.3, -0.25) is 29.2 Å². The van der Waals surface area contributed by atoms with Crippen LogP contribution < -0.4 is 0 Å². The molecule has 59 heavy (non-hydrogen) atoms. The predicted molar refractivity (Wildman–Crippen MR) is 228 cm³/mol. The fourth-order valence-electron chi connectivity index (χ4n) is 14.4. The van der Waals surface area contributed by atoms with E-state index in [0.717, 1.165) is 102 Å². The number of carbonyl (C=O) groups is 3. The summed E-state index contributed by atoms with van der Waals surface area (Å²) in [6, 6.07) is 6.04. The maximum Gasteiger partial charge on any atom is 0.309 e. The van der Waals surface area contributed by atoms with Gasteiger partial charge in [0, 0.05) is 62.7 Å². The van der Waals surface area contributed by atoms with E-state index in [1.165, 1.54) is 5.57 Å². The van der Waals surface area contributed by atoms with Crippen molar-refractivity contribution < 1.29 is 34.1 Å². The number of ketones is 1. The monoisotopic (exact) mass is 818 g/mol. The van der Waals surface area contributed by atoms with Crippen LogP contribution in [0, 0.1) is 56.2 Å². The van der Waals surface area contributed by atoms with Gasteiger partial charge in [0.25, 0.3) is 0 Å². The molecule has 0 aromatic carbocycles. The van der Waals surface area contributed by atoms with Gasteiger partial charge in [-0.25, -0.2) is 0 Å². The van der Waals surface area contributed by atoms with Crippen LogP contribution >= 0.6 is 0 Å². The molecule has 6 aliphatic rings. The summed E-state index contributed by atoms with van der Waals surface area (Å²) in [4.78, 5) is 48.9. The number of rotatable bonds is 13. The summed E-state index contributed by atoms with van der Waals surface area (Å²) in [5.74, 6) is -0.00279. The molecule has 10 heteroatoms. The van der Waals surface area contributed by atoms with E-state index in [1.54, 1.807) is 13.8 Å². The molecule has 1 aromatic heterocycles. The Labute approximate surface area is 354 Å². The lowest BCUT2D eigenvalue weighted by molar-refractivity contribution is -0.235. The Kier molecular flexibility index (Phi) is 12.2. The minimum atomic E-state index is -1.17. The number of ether oxygens (including phenoxy) is 2. The van der Waals surface area contributed by atoms with E-state index in [1.807, 2.05) is 18.3 Å². The molecule has 9 atom stereocenters. The number of aliphatic hydroxyl groups excluding tert-OH is 1. The number of carbonyl (C=O) groups excluding carboxylic acids is 2. The number of aliphatic hydroxyl groups is 1. The molecule has 0 spiro atoms. The Morgan fingerprint density at radius 3 is 2.37 bits per heavy atom. The average molecular weight is 818 g/mol. The highest BCUT2D eigenvalue weighted by Crippen LogP contribution is 2.77. The van der Waals surface area contributed by atoms with Gasteiger partial charge >= 0.3 is 11.9 Å². The van der Waals surface area contributed by atoms with Crippen LogP contribution in [-0.4, -0.2) is 101 Å². The molecule has 328 valence electrons. The van der Waals surface area contributed by atoms with E-state index in [-0.39, 0.29) is 51.8 Å². The number of Topliss-reactive ketones (excluding diaryl/α,β-unsaturated/α-hetero) is 1. The second kappa shape index (κ2) is 16.2. The molecule has 2 N–H and O–H groups in total. The first-order valence-corrected chi connectivity index (χ1v) is 23.0. The molecule has 5 fully saturated rings. The molecule has 5 aliphatic carbocycles. The third-order valence-corrected chi connectivity index (χ3v) is 17.9. The quantitative estimate of drug-likeness (QED) is 0.189. The molecule has 2 heterocycles. The Balaban J connectivity index is 1.15. The fraction of sp³-hybridized carbons (Fsp3) is 0.796. The number of carboxylic acids is 1. The second-order valence-corrected chi connectivity index (χ2v) is 22.1. The number of aliphatic carboxylic acids is 1. The van der Waals surface area contributed by atoms with Gasteiger partial charge in [0.15, 0.2) is 5.78 Å². The maximum atomic E-state index is 14.4. The maximum absolute atomic E-state index is 14.4. The highest BCUT2D eigenvalue weighted by Gasteiger charge is 2.71. The molecule has 7 rings (SSSR count). The Hall–Kier alpha value is -2.66. The summed E-state index contributed by atoms with van der Waals surface area (Å²) in [6.45, 7) is 26.0. The fourth-order valence-corrected chi connectivity index (χ4v) is 14.4. The number of hydrogen-bond acceptors (Lipinski definition) is 9. The van der Waals surface area contributed by atoms with Crippen molar-refractivity contribution in [2.45, 2.75) is 145 Å².